The molecule has 1 fully saturated rings. The number of benzene rings is 1. The number of nitrogens with zero attached hydrogens (tertiary/aromatic N) is 3. The number of esters is 1. The number of anilines is 1. The van der Waals surface area contributed by atoms with Crippen molar-refractivity contribution in [2.24, 2.45) is 5.73 Å². The molecule has 0 bridgehead atoms. The number of halogens is 1. The van der Waals surface area contributed by atoms with Crippen molar-refractivity contribution in [1.82, 2.24) is 9.80 Å². The first-order valence-corrected chi connectivity index (χ1v) is 14.2. The number of primary amides is 1. The zero-order chi connectivity index (χ0) is 29.3. The van der Waals surface area contributed by atoms with E-state index in [0.717, 1.165) is 22.7 Å². The Labute approximate surface area is 241 Å². The second-order valence-electron chi connectivity index (χ2n) is 9.38. The van der Waals surface area contributed by atoms with Gasteiger partial charge in [-0.1, -0.05) is 11.6 Å². The summed E-state index contributed by atoms with van der Waals surface area (Å²) < 4.78 is 5.83. The van der Waals surface area contributed by atoms with Gasteiger partial charge in [-0.25, -0.2) is 4.79 Å². The minimum Gasteiger partial charge on any atom is -0.459 e. The Hall–Kier alpha value is -3.59. The normalized spacial score (nSPS) is 14.0. The molecule has 0 saturated carbocycles. The Morgan fingerprint density at radius 1 is 1.15 bits per heavy atom. The molecular formula is C25H26ClN5O7S2. The van der Waals surface area contributed by atoms with Gasteiger partial charge in [-0.15, -0.1) is 22.7 Å². The maximum Gasteiger partial charge on any atom is 0.341 e. The molecule has 1 aliphatic rings. The van der Waals surface area contributed by atoms with Gasteiger partial charge in [0.05, 0.1) is 33.0 Å². The number of nitro benzene ring substituents is 1. The van der Waals surface area contributed by atoms with E-state index in [9.17, 15) is 29.3 Å². The van der Waals surface area contributed by atoms with E-state index < -0.39 is 28.8 Å². The maximum atomic E-state index is 13.2. The minimum atomic E-state index is -0.709. The Morgan fingerprint density at radius 3 is 2.42 bits per heavy atom. The first-order chi connectivity index (χ1) is 18.9. The topological polar surface area (TPSA) is 165 Å². The van der Waals surface area contributed by atoms with Crippen LogP contribution in [-0.2, 0) is 9.53 Å². The summed E-state index contributed by atoms with van der Waals surface area (Å²) in [5, 5.41) is 14.8. The summed E-state index contributed by atoms with van der Waals surface area (Å²) in [5.74, 6) is -2.04. The highest BCUT2D eigenvalue weighted by Crippen LogP contribution is 2.38. The zero-order valence-corrected chi connectivity index (χ0v) is 24.2. The minimum absolute atomic E-state index is 0.00311. The molecule has 0 aliphatic carbocycles. The van der Waals surface area contributed by atoms with Crippen molar-refractivity contribution >= 4 is 78.7 Å². The van der Waals surface area contributed by atoms with Gasteiger partial charge in [-0.3, -0.25) is 29.4 Å². The number of hydrogen-bond acceptors (Lipinski definition) is 10. The van der Waals surface area contributed by atoms with Crippen LogP contribution in [0.5, 0.6) is 0 Å². The lowest BCUT2D eigenvalue weighted by Gasteiger charge is -2.34. The first-order valence-electron chi connectivity index (χ1n) is 12.2. The van der Waals surface area contributed by atoms with Crippen LogP contribution in [0, 0.1) is 17.0 Å². The molecule has 0 spiro atoms. The molecule has 0 atom stereocenters. The predicted molar refractivity (Wildman–Crippen MR) is 153 cm³/mol. The molecule has 0 radical (unpaired) electrons. The number of fused-ring (bicyclic) bond motifs is 1. The highest BCUT2D eigenvalue weighted by Gasteiger charge is 2.29. The molecule has 0 unspecified atom stereocenters. The van der Waals surface area contributed by atoms with Crippen molar-refractivity contribution in [3.63, 3.8) is 0 Å². The number of nitro groups is 1. The van der Waals surface area contributed by atoms with Crippen LogP contribution in [0.3, 0.4) is 0 Å². The third-order valence-corrected chi connectivity index (χ3v) is 9.08. The van der Waals surface area contributed by atoms with Crippen LogP contribution in [0.15, 0.2) is 18.2 Å². The molecule has 1 aromatic carbocycles. The fourth-order valence-corrected chi connectivity index (χ4v) is 6.86. The number of carbonyl (C=O) groups is 4. The summed E-state index contributed by atoms with van der Waals surface area (Å²) in [6.07, 6.45) is -0.396. The van der Waals surface area contributed by atoms with E-state index in [1.165, 1.54) is 18.2 Å². The van der Waals surface area contributed by atoms with E-state index in [4.69, 9.17) is 22.1 Å². The van der Waals surface area contributed by atoms with Crippen molar-refractivity contribution in [2.75, 3.05) is 38.0 Å². The van der Waals surface area contributed by atoms with Gasteiger partial charge in [0.25, 0.3) is 17.5 Å². The van der Waals surface area contributed by atoms with Gasteiger partial charge < -0.3 is 20.7 Å². The number of non-ortho nitro benzene ring substituents is 1. The van der Waals surface area contributed by atoms with Gasteiger partial charge in [-0.2, -0.15) is 0 Å². The van der Waals surface area contributed by atoms with Gasteiger partial charge >= 0.3 is 5.97 Å². The fraction of sp³-hybridized carbons (Fsp3) is 0.360. The zero-order valence-electron chi connectivity index (χ0n) is 21.8. The third kappa shape index (κ3) is 6.09. The quantitative estimate of drug-likeness (QED) is 0.221. The fourth-order valence-electron chi connectivity index (χ4n) is 4.28. The van der Waals surface area contributed by atoms with E-state index >= 15 is 0 Å². The van der Waals surface area contributed by atoms with E-state index in [-0.39, 0.29) is 38.6 Å². The average Bonchev–Trinajstić information content (AvgIpc) is 3.39. The van der Waals surface area contributed by atoms with Crippen LogP contribution in [-0.4, -0.2) is 77.2 Å². The van der Waals surface area contributed by atoms with Gasteiger partial charge in [0.2, 0.25) is 5.91 Å². The highest BCUT2D eigenvalue weighted by atomic mass is 35.5. The average molecular weight is 608 g/mol. The van der Waals surface area contributed by atoms with Crippen LogP contribution in [0.25, 0.3) is 10.1 Å². The molecule has 15 heteroatoms. The van der Waals surface area contributed by atoms with Crippen LogP contribution in [0.4, 0.5) is 10.7 Å². The molecule has 12 nitrogen and oxygen atoms in total. The van der Waals surface area contributed by atoms with Gasteiger partial charge in [0, 0.05) is 48.4 Å². The van der Waals surface area contributed by atoms with Crippen LogP contribution >= 0.6 is 34.3 Å². The number of rotatable bonds is 8. The Balaban J connectivity index is 1.40. The second-order valence-corrected chi connectivity index (χ2v) is 11.8. The number of ether oxygens (including phenoxy) is 1. The monoisotopic (exact) mass is 607 g/mol. The maximum absolute atomic E-state index is 13.2. The Bertz CT molecular complexity index is 1530. The summed E-state index contributed by atoms with van der Waals surface area (Å²) in [7, 11) is 0. The Kier molecular flexibility index (Phi) is 8.73. The predicted octanol–water partition coefficient (Wildman–Crippen LogP) is 3.89. The lowest BCUT2D eigenvalue weighted by Crippen LogP contribution is -2.50. The lowest BCUT2D eigenvalue weighted by atomic mass is 10.1. The molecule has 3 N–H and O–H groups in total. The molecule has 2 aromatic heterocycles. The number of carbonyl (C=O) groups excluding carboxylic acids is 4. The number of thiophene rings is 2. The summed E-state index contributed by atoms with van der Waals surface area (Å²) in [6, 6.07) is 4.28. The molecule has 3 heterocycles. The standard InChI is InChI=1S/C25H26ClN5O7S2/c1-12(2)38-25(35)18-13(3)20(22(27)33)40-23(18)28-17(32)11-29-6-8-30(9-7-29)24(34)21-19(26)15-5-4-14(31(36)37)10-16(15)39-21/h4-5,10,12H,6-9,11H2,1-3H3,(H2,27,33)(H,28,32). The molecule has 3 amide bonds. The van der Waals surface area contributed by atoms with Crippen LogP contribution < -0.4 is 11.1 Å². The van der Waals surface area contributed by atoms with Crippen molar-refractivity contribution < 1.29 is 28.8 Å². The molecule has 1 saturated heterocycles. The number of nitrogens with two attached hydrogens (primary N) is 1. The SMILES string of the molecule is Cc1c(C(N)=O)sc(NC(=O)CN2CCN(C(=O)c3sc4cc([N+](=O)[O-])ccc4c3Cl)CC2)c1C(=O)OC(C)C. The van der Waals surface area contributed by atoms with E-state index in [0.29, 0.717) is 46.7 Å². The highest BCUT2D eigenvalue weighted by molar-refractivity contribution is 7.21. The van der Waals surface area contributed by atoms with Crippen LogP contribution in [0.1, 0.15) is 49.1 Å². The second kappa shape index (κ2) is 11.9. The number of amides is 3. The summed E-state index contributed by atoms with van der Waals surface area (Å²) in [4.78, 5) is 65.1. The van der Waals surface area contributed by atoms with Crippen LogP contribution in [0.2, 0.25) is 5.02 Å². The molecule has 4 rings (SSSR count). The van der Waals surface area contributed by atoms with Gasteiger partial charge in [-0.05, 0) is 32.4 Å². The van der Waals surface area contributed by atoms with E-state index in [1.54, 1.807) is 25.7 Å². The summed E-state index contributed by atoms with van der Waals surface area (Å²) in [6.45, 7) is 6.45. The first kappa shape index (κ1) is 29.4. The summed E-state index contributed by atoms with van der Waals surface area (Å²) in [5.41, 5.74) is 5.81. The van der Waals surface area contributed by atoms with Gasteiger partial charge in [0.15, 0.2) is 0 Å². The van der Waals surface area contributed by atoms with Gasteiger partial charge in [0.1, 0.15) is 9.88 Å². The third-order valence-electron chi connectivity index (χ3n) is 6.22. The Morgan fingerprint density at radius 2 is 1.82 bits per heavy atom. The molecule has 3 aromatic rings. The number of hydrogen-bond donors (Lipinski definition) is 2. The smallest absolute Gasteiger partial charge is 0.341 e. The molecule has 1 aliphatic heterocycles. The number of nitrogens with one attached hydrogen (secondary N) is 1. The molecule has 40 heavy (non-hydrogen) atoms. The van der Waals surface area contributed by atoms with E-state index in [2.05, 4.69) is 5.32 Å². The van der Waals surface area contributed by atoms with Crippen molar-refractivity contribution in [3.05, 3.63) is 54.2 Å². The largest absolute Gasteiger partial charge is 0.459 e. The van der Waals surface area contributed by atoms with Crippen molar-refractivity contribution in [1.29, 1.82) is 0 Å². The van der Waals surface area contributed by atoms with E-state index in [1.807, 2.05) is 4.90 Å². The summed E-state index contributed by atoms with van der Waals surface area (Å²) >= 11 is 8.47. The van der Waals surface area contributed by atoms with Crippen molar-refractivity contribution in [3.8, 4) is 0 Å². The molecule has 212 valence electrons. The van der Waals surface area contributed by atoms with Crippen molar-refractivity contribution in [2.45, 2.75) is 26.9 Å². The number of piperazine rings is 1. The lowest BCUT2D eigenvalue weighted by molar-refractivity contribution is -0.384. The molecular weight excluding hydrogens is 582 g/mol.